The Morgan fingerprint density at radius 1 is 1.07 bits per heavy atom. The number of allylic oxidation sites excluding steroid dienone is 4. The van der Waals surface area contributed by atoms with Gasteiger partial charge in [-0.05, 0) is 0 Å². The molecule has 0 heterocycles. The molecule has 0 fully saturated rings. The van der Waals surface area contributed by atoms with Gasteiger partial charge < -0.3 is 0 Å². The molecule has 0 N–H and O–H groups in total. The Morgan fingerprint density at radius 2 is 1.86 bits per heavy atom. The first-order valence-corrected chi connectivity index (χ1v) is 4.88. The third-order valence-electron chi connectivity index (χ3n) is 1.85. The summed E-state index contributed by atoms with van der Waals surface area (Å²) in [6, 6.07) is 10.0. The van der Waals surface area contributed by atoms with Gasteiger partial charge in [0.15, 0.2) is 0 Å². The van der Waals surface area contributed by atoms with Crippen LogP contribution in [0.4, 0.5) is 0 Å². The molecule has 0 aliphatic heterocycles. The molecule has 77 valence electrons. The van der Waals surface area contributed by atoms with E-state index in [0.717, 1.165) is 6.42 Å². The minimum atomic E-state index is 0. The summed E-state index contributed by atoms with van der Waals surface area (Å²) in [7, 11) is 0. The molecular weight excluding hydrogens is 259 g/mol. The van der Waals surface area contributed by atoms with Crippen molar-refractivity contribution in [2.75, 3.05) is 0 Å². The second-order valence-corrected chi connectivity index (χ2v) is 3.01. The zero-order valence-corrected chi connectivity index (χ0v) is 9.92. The molecule has 14 heavy (non-hydrogen) atoms. The third kappa shape index (κ3) is 8.07. The van der Waals surface area contributed by atoms with Crippen LogP contribution in [-0.2, 0) is 19.5 Å². The molecule has 1 radical (unpaired) electrons. The monoisotopic (exact) mass is 275 g/mol. The molecule has 0 saturated heterocycles. The smallest absolute Gasteiger partial charge is 0.275 e. The van der Waals surface area contributed by atoms with Gasteiger partial charge in [-0.3, -0.25) is 6.08 Å². The van der Waals surface area contributed by atoms with Crippen LogP contribution in [0.25, 0.3) is 0 Å². The van der Waals surface area contributed by atoms with Gasteiger partial charge in [-0.1, -0.05) is 19.3 Å². The summed E-state index contributed by atoms with van der Waals surface area (Å²) in [5.41, 5.74) is 0. The van der Waals surface area contributed by atoms with E-state index in [2.05, 4.69) is 18.2 Å². The number of hydrogen-bond acceptors (Lipinski definition) is 0. The maximum Gasteiger partial charge on any atom is 2.00 e. The van der Waals surface area contributed by atoms with Crippen molar-refractivity contribution < 1.29 is 19.5 Å². The average Bonchev–Trinajstić information content (AvgIpc) is 2.58. The van der Waals surface area contributed by atoms with Crippen molar-refractivity contribution in [3.8, 4) is 0 Å². The van der Waals surface area contributed by atoms with Crippen molar-refractivity contribution in [3.05, 3.63) is 54.6 Å². The van der Waals surface area contributed by atoms with E-state index in [9.17, 15) is 0 Å². The van der Waals surface area contributed by atoms with Gasteiger partial charge in [0.25, 0.3) is 0 Å². The zero-order chi connectivity index (χ0) is 9.19. The zero-order valence-electron chi connectivity index (χ0n) is 8.28. The van der Waals surface area contributed by atoms with Crippen LogP contribution in [0.1, 0.15) is 25.7 Å². The molecule has 0 unspecified atom stereocenters. The van der Waals surface area contributed by atoms with Gasteiger partial charge in [0.05, 0.1) is 0 Å². The van der Waals surface area contributed by atoms with E-state index in [1.165, 1.54) is 19.3 Å². The summed E-state index contributed by atoms with van der Waals surface area (Å²) in [5.74, 6) is 0. The fourth-order valence-electron chi connectivity index (χ4n) is 1.13. The van der Waals surface area contributed by atoms with Gasteiger partial charge in [0.2, 0.25) is 0 Å². The molecule has 1 heteroatoms. The molecule has 1 aromatic carbocycles. The standard InChI is InChI=1S/C8H11.C5H5.Rh/c1-2-4-6-8-7-5-3-1;1-2-4-5-3-1;/h1-3H,4,6-8H2;1-5H;/q2*-1;+2/b2-1-;;. The molecule has 1 aliphatic rings. The van der Waals surface area contributed by atoms with Gasteiger partial charge in [0.1, 0.15) is 0 Å². The van der Waals surface area contributed by atoms with Crippen LogP contribution < -0.4 is 0 Å². The van der Waals surface area contributed by atoms with E-state index < -0.39 is 0 Å². The topological polar surface area (TPSA) is 0 Å². The largest absolute Gasteiger partial charge is 2.00 e. The summed E-state index contributed by atoms with van der Waals surface area (Å²) < 4.78 is 0. The van der Waals surface area contributed by atoms with Crippen molar-refractivity contribution in [2.24, 2.45) is 0 Å². The number of rotatable bonds is 0. The normalized spacial score (nSPS) is 16.6. The Balaban J connectivity index is 0.000000246. The van der Waals surface area contributed by atoms with Crippen molar-refractivity contribution in [3.63, 3.8) is 0 Å². The molecule has 0 saturated carbocycles. The average molecular weight is 275 g/mol. The van der Waals surface area contributed by atoms with Crippen LogP contribution in [-0.4, -0.2) is 0 Å². The molecule has 0 aromatic heterocycles. The van der Waals surface area contributed by atoms with Crippen LogP contribution in [0.15, 0.2) is 48.6 Å². The van der Waals surface area contributed by atoms with Crippen molar-refractivity contribution in [1.29, 1.82) is 0 Å². The first kappa shape index (κ1) is 13.5. The summed E-state index contributed by atoms with van der Waals surface area (Å²) in [6.07, 6.45) is 14.5. The van der Waals surface area contributed by atoms with Crippen LogP contribution in [0.2, 0.25) is 0 Å². The molecule has 0 amide bonds. The van der Waals surface area contributed by atoms with Crippen LogP contribution in [0, 0.1) is 6.08 Å². The van der Waals surface area contributed by atoms with E-state index in [1.807, 2.05) is 36.4 Å². The van der Waals surface area contributed by atoms with Gasteiger partial charge in [-0.15, -0.1) is 6.42 Å². The molecule has 2 rings (SSSR count). The molecule has 0 bridgehead atoms. The fourth-order valence-corrected chi connectivity index (χ4v) is 1.13. The predicted octanol–water partition coefficient (Wildman–Crippen LogP) is 3.88. The maximum absolute atomic E-state index is 3.18. The molecule has 1 aromatic rings. The molecule has 1 aliphatic carbocycles. The minimum absolute atomic E-state index is 0. The first-order chi connectivity index (χ1) is 6.50. The van der Waals surface area contributed by atoms with E-state index in [4.69, 9.17) is 0 Å². The predicted molar refractivity (Wildman–Crippen MR) is 57.5 cm³/mol. The van der Waals surface area contributed by atoms with Crippen LogP contribution >= 0.6 is 0 Å². The minimum Gasteiger partial charge on any atom is -0.275 e. The SMILES string of the molecule is [C-]1=C/C=C\CCCC1.[Rh+2].c1cc[cH-]c1. The molecule has 0 nitrogen and oxygen atoms in total. The van der Waals surface area contributed by atoms with E-state index in [0.29, 0.717) is 0 Å². The Labute approximate surface area is 99.8 Å². The van der Waals surface area contributed by atoms with Crippen molar-refractivity contribution in [2.45, 2.75) is 25.7 Å². The first-order valence-electron chi connectivity index (χ1n) is 4.88. The Hall–Kier alpha value is -0.547. The second kappa shape index (κ2) is 10.5. The van der Waals surface area contributed by atoms with Gasteiger partial charge in [-0.2, -0.15) is 24.3 Å². The summed E-state index contributed by atoms with van der Waals surface area (Å²) in [5, 5.41) is 0. The van der Waals surface area contributed by atoms with Crippen molar-refractivity contribution in [1.82, 2.24) is 0 Å². The Kier molecular flexibility index (Phi) is 10.1. The van der Waals surface area contributed by atoms with Crippen LogP contribution in [0.5, 0.6) is 0 Å². The molecule has 0 atom stereocenters. The maximum atomic E-state index is 3.18. The fraction of sp³-hybridized carbons (Fsp3) is 0.308. The quantitative estimate of drug-likeness (QED) is 0.498. The van der Waals surface area contributed by atoms with Crippen molar-refractivity contribution >= 4 is 0 Å². The van der Waals surface area contributed by atoms with Gasteiger partial charge in [-0.25, -0.2) is 24.3 Å². The molecular formula is C13H16Rh. The summed E-state index contributed by atoms with van der Waals surface area (Å²) >= 11 is 0. The van der Waals surface area contributed by atoms with E-state index in [1.54, 1.807) is 0 Å². The summed E-state index contributed by atoms with van der Waals surface area (Å²) in [6.45, 7) is 0. The van der Waals surface area contributed by atoms with Gasteiger partial charge >= 0.3 is 19.5 Å². The second-order valence-electron chi connectivity index (χ2n) is 3.01. The number of hydrogen-bond donors (Lipinski definition) is 0. The van der Waals surface area contributed by atoms with E-state index in [-0.39, 0.29) is 19.5 Å². The van der Waals surface area contributed by atoms with Gasteiger partial charge in [0, 0.05) is 0 Å². The Morgan fingerprint density at radius 3 is 2.50 bits per heavy atom. The van der Waals surface area contributed by atoms with E-state index >= 15 is 0 Å². The third-order valence-corrected chi connectivity index (χ3v) is 1.85. The molecule has 0 spiro atoms. The Bertz CT molecular complexity index is 201. The van der Waals surface area contributed by atoms with Crippen LogP contribution in [0.3, 0.4) is 0 Å². The summed E-state index contributed by atoms with van der Waals surface area (Å²) in [4.78, 5) is 0.